The summed E-state index contributed by atoms with van der Waals surface area (Å²) in [6.07, 6.45) is 0. The second-order valence-corrected chi connectivity index (χ2v) is 4.32. The summed E-state index contributed by atoms with van der Waals surface area (Å²) in [5, 5.41) is 12.1. The summed E-state index contributed by atoms with van der Waals surface area (Å²) in [6, 6.07) is 8.66. The Hall–Kier alpha value is -2.56. The number of aryl methyl sites for hydroxylation is 1. The van der Waals surface area contributed by atoms with Gasteiger partial charge in [0, 0.05) is 0 Å². The largest absolute Gasteiger partial charge is 0.507 e. The first-order valence-corrected chi connectivity index (χ1v) is 5.96. The standard InChI is InChI=1S/C15H14FNO3/c1-9-3-5-12(16)13(7-9)17-15(19)11-8-10(20-2)4-6-14(11)18/h3-8,18H,1-2H3,(H,17,19). The Kier molecular flexibility index (Phi) is 3.89. The molecule has 0 spiro atoms. The van der Waals surface area contributed by atoms with E-state index in [1.165, 1.54) is 37.4 Å². The van der Waals surface area contributed by atoms with Gasteiger partial charge in [-0.2, -0.15) is 0 Å². The van der Waals surface area contributed by atoms with Crippen LogP contribution >= 0.6 is 0 Å². The maximum absolute atomic E-state index is 13.6. The van der Waals surface area contributed by atoms with Crippen LogP contribution in [0.4, 0.5) is 10.1 Å². The van der Waals surface area contributed by atoms with Gasteiger partial charge in [-0.3, -0.25) is 4.79 Å². The molecule has 0 aliphatic carbocycles. The summed E-state index contributed by atoms with van der Waals surface area (Å²) >= 11 is 0. The molecule has 2 aromatic rings. The van der Waals surface area contributed by atoms with Crippen LogP contribution in [0.15, 0.2) is 36.4 Å². The number of anilines is 1. The second-order valence-electron chi connectivity index (χ2n) is 4.32. The zero-order valence-corrected chi connectivity index (χ0v) is 11.1. The zero-order chi connectivity index (χ0) is 14.7. The lowest BCUT2D eigenvalue weighted by atomic mass is 10.1. The molecule has 0 aromatic heterocycles. The SMILES string of the molecule is COc1ccc(O)c(C(=O)Nc2cc(C)ccc2F)c1. The van der Waals surface area contributed by atoms with E-state index in [4.69, 9.17) is 4.74 Å². The molecule has 0 heterocycles. The van der Waals surface area contributed by atoms with Crippen molar-refractivity contribution in [2.75, 3.05) is 12.4 Å². The third-order valence-corrected chi connectivity index (χ3v) is 2.82. The number of benzene rings is 2. The van der Waals surface area contributed by atoms with Crippen molar-refractivity contribution in [2.45, 2.75) is 6.92 Å². The van der Waals surface area contributed by atoms with Gasteiger partial charge in [-0.15, -0.1) is 0 Å². The molecule has 0 fully saturated rings. The highest BCUT2D eigenvalue weighted by atomic mass is 19.1. The number of rotatable bonds is 3. The normalized spacial score (nSPS) is 10.2. The van der Waals surface area contributed by atoms with Gasteiger partial charge in [0.25, 0.3) is 5.91 Å². The molecule has 0 saturated carbocycles. The maximum atomic E-state index is 13.6. The van der Waals surface area contributed by atoms with Crippen LogP contribution in [0.1, 0.15) is 15.9 Å². The Morgan fingerprint density at radius 1 is 1.25 bits per heavy atom. The highest BCUT2D eigenvalue weighted by Gasteiger charge is 2.14. The van der Waals surface area contributed by atoms with Crippen LogP contribution in [0.2, 0.25) is 0 Å². The number of amides is 1. The third kappa shape index (κ3) is 2.88. The molecule has 0 bridgehead atoms. The molecule has 5 heteroatoms. The number of aromatic hydroxyl groups is 1. The molecule has 0 unspecified atom stereocenters. The maximum Gasteiger partial charge on any atom is 0.259 e. The molecule has 104 valence electrons. The number of carbonyl (C=O) groups excluding carboxylic acids is 1. The van der Waals surface area contributed by atoms with Crippen molar-refractivity contribution in [3.63, 3.8) is 0 Å². The van der Waals surface area contributed by atoms with E-state index in [-0.39, 0.29) is 17.0 Å². The summed E-state index contributed by atoms with van der Waals surface area (Å²) in [7, 11) is 1.45. The van der Waals surface area contributed by atoms with Crippen molar-refractivity contribution in [3.8, 4) is 11.5 Å². The molecule has 4 nitrogen and oxygen atoms in total. The van der Waals surface area contributed by atoms with Gasteiger partial charge in [0.15, 0.2) is 0 Å². The third-order valence-electron chi connectivity index (χ3n) is 2.82. The number of ether oxygens (including phenoxy) is 1. The predicted molar refractivity (Wildman–Crippen MR) is 73.7 cm³/mol. The fourth-order valence-corrected chi connectivity index (χ4v) is 1.75. The van der Waals surface area contributed by atoms with Gasteiger partial charge in [-0.1, -0.05) is 6.07 Å². The lowest BCUT2D eigenvalue weighted by molar-refractivity contribution is 0.102. The van der Waals surface area contributed by atoms with E-state index in [1.54, 1.807) is 13.0 Å². The number of nitrogens with one attached hydrogen (secondary N) is 1. The van der Waals surface area contributed by atoms with Gasteiger partial charge in [0.05, 0.1) is 18.4 Å². The van der Waals surface area contributed by atoms with Gasteiger partial charge in [0.2, 0.25) is 0 Å². The van der Waals surface area contributed by atoms with Crippen LogP contribution in [-0.2, 0) is 0 Å². The molecule has 0 aliphatic heterocycles. The quantitative estimate of drug-likeness (QED) is 0.905. The van der Waals surface area contributed by atoms with Crippen molar-refractivity contribution in [1.29, 1.82) is 0 Å². The number of hydrogen-bond acceptors (Lipinski definition) is 3. The monoisotopic (exact) mass is 275 g/mol. The van der Waals surface area contributed by atoms with Crippen LogP contribution in [0.3, 0.4) is 0 Å². The number of halogens is 1. The van der Waals surface area contributed by atoms with E-state index >= 15 is 0 Å². The average Bonchev–Trinajstić information content (AvgIpc) is 2.43. The van der Waals surface area contributed by atoms with Crippen molar-refractivity contribution in [3.05, 3.63) is 53.3 Å². The van der Waals surface area contributed by atoms with Crippen molar-refractivity contribution < 1.29 is 19.0 Å². The van der Waals surface area contributed by atoms with Crippen molar-refractivity contribution in [2.24, 2.45) is 0 Å². The predicted octanol–water partition coefficient (Wildman–Crippen LogP) is 3.10. The number of methoxy groups -OCH3 is 1. The topological polar surface area (TPSA) is 58.6 Å². The summed E-state index contributed by atoms with van der Waals surface area (Å²) in [4.78, 5) is 12.1. The van der Waals surface area contributed by atoms with Gasteiger partial charge < -0.3 is 15.2 Å². The van der Waals surface area contributed by atoms with Crippen LogP contribution in [0, 0.1) is 12.7 Å². The molecule has 2 N–H and O–H groups in total. The minimum atomic E-state index is -0.606. The smallest absolute Gasteiger partial charge is 0.259 e. The van der Waals surface area contributed by atoms with E-state index in [0.29, 0.717) is 5.75 Å². The molecule has 0 aliphatic rings. The van der Waals surface area contributed by atoms with Crippen molar-refractivity contribution in [1.82, 2.24) is 0 Å². The highest BCUT2D eigenvalue weighted by molar-refractivity contribution is 6.06. The van der Waals surface area contributed by atoms with Crippen LogP contribution in [0.25, 0.3) is 0 Å². The molecule has 2 aromatic carbocycles. The summed E-state index contributed by atoms with van der Waals surface area (Å²) < 4.78 is 18.6. The first-order chi connectivity index (χ1) is 9.51. The molecule has 0 atom stereocenters. The zero-order valence-electron chi connectivity index (χ0n) is 11.1. The van der Waals surface area contributed by atoms with E-state index in [2.05, 4.69) is 5.32 Å². The number of phenolic OH excluding ortho intramolecular Hbond substituents is 1. The van der Waals surface area contributed by atoms with E-state index < -0.39 is 11.7 Å². The van der Waals surface area contributed by atoms with Crippen molar-refractivity contribution >= 4 is 11.6 Å². The first-order valence-electron chi connectivity index (χ1n) is 5.96. The summed E-state index contributed by atoms with van der Waals surface area (Å²) in [6.45, 7) is 1.79. The molecule has 2 rings (SSSR count). The Bertz CT molecular complexity index is 656. The molecule has 0 radical (unpaired) electrons. The van der Waals surface area contributed by atoms with Gasteiger partial charge >= 0.3 is 0 Å². The minimum absolute atomic E-state index is 0.0188. The molecule has 1 amide bonds. The Labute approximate surface area is 115 Å². The summed E-state index contributed by atoms with van der Waals surface area (Å²) in [5.74, 6) is -0.911. The fraction of sp³-hybridized carbons (Fsp3) is 0.133. The Morgan fingerprint density at radius 3 is 2.70 bits per heavy atom. The lowest BCUT2D eigenvalue weighted by Crippen LogP contribution is -2.13. The first kappa shape index (κ1) is 13.9. The van der Waals surface area contributed by atoms with Gasteiger partial charge in [-0.05, 0) is 42.8 Å². The van der Waals surface area contributed by atoms with Crippen LogP contribution < -0.4 is 10.1 Å². The van der Waals surface area contributed by atoms with E-state index in [0.717, 1.165) is 5.56 Å². The fourth-order valence-electron chi connectivity index (χ4n) is 1.75. The summed E-state index contributed by atoms with van der Waals surface area (Å²) in [5.41, 5.74) is 0.902. The number of hydrogen-bond donors (Lipinski definition) is 2. The number of phenols is 1. The minimum Gasteiger partial charge on any atom is -0.507 e. The number of carbonyl (C=O) groups is 1. The molecular weight excluding hydrogens is 261 g/mol. The second kappa shape index (κ2) is 5.61. The Balaban J connectivity index is 2.30. The highest BCUT2D eigenvalue weighted by Crippen LogP contribution is 2.24. The molecule has 20 heavy (non-hydrogen) atoms. The molecular formula is C15H14FNO3. The van der Waals surface area contributed by atoms with Gasteiger partial charge in [-0.25, -0.2) is 4.39 Å². The average molecular weight is 275 g/mol. The van der Waals surface area contributed by atoms with Crippen LogP contribution in [-0.4, -0.2) is 18.1 Å². The molecule has 0 saturated heterocycles. The Morgan fingerprint density at radius 2 is 2.00 bits per heavy atom. The van der Waals surface area contributed by atoms with Gasteiger partial charge in [0.1, 0.15) is 17.3 Å². The van der Waals surface area contributed by atoms with E-state index in [1.807, 2.05) is 0 Å². The van der Waals surface area contributed by atoms with Crippen LogP contribution in [0.5, 0.6) is 11.5 Å². The lowest BCUT2D eigenvalue weighted by Gasteiger charge is -2.09. The van der Waals surface area contributed by atoms with E-state index in [9.17, 15) is 14.3 Å².